The number of hydrogen-bond acceptors (Lipinski definition) is 4. The Bertz CT molecular complexity index is 330. The summed E-state index contributed by atoms with van der Waals surface area (Å²) in [4.78, 5) is 0. The number of methoxy groups -OCH3 is 1. The van der Waals surface area contributed by atoms with Gasteiger partial charge in [-0.05, 0) is 38.8 Å². The Balaban J connectivity index is 0.00000324. The van der Waals surface area contributed by atoms with Crippen molar-refractivity contribution in [2.45, 2.75) is 31.9 Å². The van der Waals surface area contributed by atoms with Gasteiger partial charge in [-0.1, -0.05) is 6.92 Å². The molecule has 1 unspecified atom stereocenters. The van der Waals surface area contributed by atoms with E-state index in [1.165, 1.54) is 7.11 Å². The van der Waals surface area contributed by atoms with Crippen LogP contribution in [0.4, 0.5) is 0 Å². The number of halogens is 1. The molecule has 116 valence electrons. The van der Waals surface area contributed by atoms with Crippen LogP contribution in [-0.4, -0.2) is 57.9 Å². The minimum atomic E-state index is -3.18. The monoisotopic (exact) mass is 314 g/mol. The third kappa shape index (κ3) is 5.55. The molecule has 0 spiro atoms. The van der Waals surface area contributed by atoms with Crippen molar-refractivity contribution in [3.8, 4) is 0 Å². The Kier molecular flexibility index (Phi) is 9.19. The van der Waals surface area contributed by atoms with E-state index < -0.39 is 15.3 Å². The lowest BCUT2D eigenvalue weighted by Gasteiger charge is -2.32. The molecule has 0 aliphatic carbocycles. The third-order valence-corrected chi connectivity index (χ3v) is 5.76. The number of ether oxygens (including phenoxy) is 1. The predicted molar refractivity (Wildman–Crippen MR) is 80.3 cm³/mol. The van der Waals surface area contributed by atoms with Crippen molar-refractivity contribution in [1.82, 2.24) is 9.62 Å². The first-order chi connectivity index (χ1) is 8.52. The summed E-state index contributed by atoms with van der Waals surface area (Å²) in [7, 11) is -1.64. The number of hydrogen-bond donors (Lipinski definition) is 1. The van der Waals surface area contributed by atoms with E-state index in [1.54, 1.807) is 11.2 Å². The summed E-state index contributed by atoms with van der Waals surface area (Å²) in [5, 5.41) is 2.88. The first-order valence-corrected chi connectivity index (χ1v) is 8.21. The van der Waals surface area contributed by atoms with Crippen LogP contribution in [0, 0.1) is 5.92 Å². The molecule has 7 heteroatoms. The maximum Gasteiger partial charge on any atom is 0.218 e. The van der Waals surface area contributed by atoms with Gasteiger partial charge in [0.15, 0.2) is 0 Å². The van der Waals surface area contributed by atoms with Crippen LogP contribution >= 0.6 is 12.4 Å². The summed E-state index contributed by atoms with van der Waals surface area (Å²) in [5.41, 5.74) is 0. The number of rotatable bonds is 7. The molecule has 1 aliphatic heterocycles. The van der Waals surface area contributed by atoms with Gasteiger partial charge in [-0.25, -0.2) is 12.7 Å². The van der Waals surface area contributed by atoms with Crippen LogP contribution in [0.1, 0.15) is 26.7 Å². The molecule has 1 rings (SSSR count). The molecule has 19 heavy (non-hydrogen) atoms. The van der Waals surface area contributed by atoms with E-state index in [0.717, 1.165) is 25.9 Å². The van der Waals surface area contributed by atoms with E-state index in [0.29, 0.717) is 19.0 Å². The summed E-state index contributed by atoms with van der Waals surface area (Å²) < 4.78 is 31.0. The van der Waals surface area contributed by atoms with Crippen LogP contribution < -0.4 is 5.32 Å². The summed E-state index contributed by atoms with van der Waals surface area (Å²) in [5.74, 6) is 0.606. The minimum absolute atomic E-state index is 0. The van der Waals surface area contributed by atoms with E-state index in [1.807, 2.05) is 0 Å². The molecule has 0 radical (unpaired) electrons. The second-order valence-electron chi connectivity index (χ2n) is 4.96. The van der Waals surface area contributed by atoms with Crippen molar-refractivity contribution in [3.05, 3.63) is 0 Å². The van der Waals surface area contributed by atoms with Gasteiger partial charge in [0.1, 0.15) is 0 Å². The minimum Gasteiger partial charge on any atom is -0.383 e. The summed E-state index contributed by atoms with van der Waals surface area (Å²) in [6, 6.07) is 0. The molecule has 0 aromatic carbocycles. The molecule has 1 aliphatic rings. The van der Waals surface area contributed by atoms with Gasteiger partial charge < -0.3 is 10.1 Å². The highest BCUT2D eigenvalue weighted by Crippen LogP contribution is 2.21. The van der Waals surface area contributed by atoms with Crippen molar-refractivity contribution < 1.29 is 13.2 Å². The Morgan fingerprint density at radius 2 is 1.95 bits per heavy atom. The quantitative estimate of drug-likeness (QED) is 0.764. The van der Waals surface area contributed by atoms with Gasteiger partial charge in [-0.3, -0.25) is 0 Å². The van der Waals surface area contributed by atoms with E-state index >= 15 is 0 Å². The van der Waals surface area contributed by atoms with Crippen molar-refractivity contribution in [2.24, 2.45) is 5.92 Å². The summed E-state index contributed by atoms with van der Waals surface area (Å²) in [6.45, 7) is 7.33. The van der Waals surface area contributed by atoms with Crippen LogP contribution in [0.25, 0.3) is 0 Å². The van der Waals surface area contributed by atoms with Crippen LogP contribution in [-0.2, 0) is 14.8 Å². The Morgan fingerprint density at radius 1 is 1.37 bits per heavy atom. The van der Waals surface area contributed by atoms with E-state index in [9.17, 15) is 8.42 Å². The van der Waals surface area contributed by atoms with Crippen LogP contribution in [0.3, 0.4) is 0 Å². The highest BCUT2D eigenvalue weighted by molar-refractivity contribution is 7.89. The van der Waals surface area contributed by atoms with Gasteiger partial charge in [0.05, 0.1) is 11.9 Å². The normalized spacial score (nSPS) is 19.9. The fourth-order valence-electron chi connectivity index (χ4n) is 2.29. The average molecular weight is 315 g/mol. The van der Waals surface area contributed by atoms with Crippen molar-refractivity contribution in [2.75, 3.05) is 39.9 Å². The molecule has 1 fully saturated rings. The fraction of sp³-hybridized carbons (Fsp3) is 1.00. The van der Waals surface area contributed by atoms with Crippen molar-refractivity contribution in [1.29, 1.82) is 0 Å². The highest BCUT2D eigenvalue weighted by Gasteiger charge is 2.31. The molecule has 0 aromatic rings. The molecule has 1 atom stereocenters. The number of sulfonamides is 1. The zero-order valence-corrected chi connectivity index (χ0v) is 13.7. The van der Waals surface area contributed by atoms with Gasteiger partial charge in [0.2, 0.25) is 10.0 Å². The molecule has 0 amide bonds. The zero-order chi connectivity index (χ0) is 13.6. The van der Waals surface area contributed by atoms with E-state index in [2.05, 4.69) is 12.2 Å². The summed E-state index contributed by atoms with van der Waals surface area (Å²) in [6.07, 6.45) is 1.90. The average Bonchev–Trinajstić information content (AvgIpc) is 2.37. The topological polar surface area (TPSA) is 58.6 Å². The lowest BCUT2D eigenvalue weighted by atomic mass is 9.98. The Morgan fingerprint density at radius 3 is 2.42 bits per heavy atom. The van der Waals surface area contributed by atoms with Gasteiger partial charge >= 0.3 is 0 Å². The maximum atomic E-state index is 12.2. The largest absolute Gasteiger partial charge is 0.383 e. The molecule has 0 bridgehead atoms. The SMILES string of the molecule is CCNCC1CCN(S(=O)(=O)C(C)COC)CC1.Cl. The van der Waals surface area contributed by atoms with E-state index in [4.69, 9.17) is 4.74 Å². The fourth-order valence-corrected chi connectivity index (χ4v) is 3.83. The number of piperidine rings is 1. The lowest BCUT2D eigenvalue weighted by Crippen LogP contribution is -2.45. The van der Waals surface area contributed by atoms with Crippen molar-refractivity contribution in [3.63, 3.8) is 0 Å². The zero-order valence-electron chi connectivity index (χ0n) is 12.1. The smallest absolute Gasteiger partial charge is 0.218 e. The molecule has 1 N–H and O–H groups in total. The second-order valence-corrected chi connectivity index (χ2v) is 7.31. The molecule has 0 aromatic heterocycles. The number of nitrogens with zero attached hydrogens (tertiary/aromatic N) is 1. The second kappa shape index (κ2) is 9.13. The molecular formula is C12H27ClN2O3S. The van der Waals surface area contributed by atoms with Crippen molar-refractivity contribution >= 4 is 22.4 Å². The molecular weight excluding hydrogens is 288 g/mol. The third-order valence-electron chi connectivity index (χ3n) is 3.53. The lowest BCUT2D eigenvalue weighted by molar-refractivity contribution is 0.195. The molecule has 5 nitrogen and oxygen atoms in total. The first kappa shape index (κ1) is 19.1. The van der Waals surface area contributed by atoms with Crippen LogP contribution in [0.5, 0.6) is 0 Å². The van der Waals surface area contributed by atoms with E-state index in [-0.39, 0.29) is 19.0 Å². The standard InChI is InChI=1S/C12H26N2O3S.ClH/c1-4-13-9-12-5-7-14(8-6-12)18(15,16)11(2)10-17-3;/h11-13H,4-10H2,1-3H3;1H. The maximum absolute atomic E-state index is 12.2. The van der Waals surface area contributed by atoms with Gasteiger partial charge in [-0.15, -0.1) is 12.4 Å². The molecule has 1 saturated heterocycles. The van der Waals surface area contributed by atoms with Crippen LogP contribution in [0.15, 0.2) is 0 Å². The number of nitrogens with one attached hydrogen (secondary N) is 1. The Hall–Kier alpha value is 0.120. The van der Waals surface area contributed by atoms with Gasteiger partial charge in [0.25, 0.3) is 0 Å². The first-order valence-electron chi connectivity index (χ1n) is 6.71. The summed E-state index contributed by atoms with van der Waals surface area (Å²) >= 11 is 0. The molecule has 0 saturated carbocycles. The Labute approximate surface area is 123 Å². The highest BCUT2D eigenvalue weighted by atomic mass is 35.5. The molecule has 1 heterocycles. The van der Waals surface area contributed by atoms with Gasteiger partial charge in [0, 0.05) is 20.2 Å². The predicted octanol–water partition coefficient (Wildman–Crippen LogP) is 1.09. The van der Waals surface area contributed by atoms with Crippen LogP contribution in [0.2, 0.25) is 0 Å². The van der Waals surface area contributed by atoms with Gasteiger partial charge in [-0.2, -0.15) is 0 Å².